The summed E-state index contributed by atoms with van der Waals surface area (Å²) in [7, 11) is 0. The lowest BCUT2D eigenvalue weighted by Crippen LogP contribution is -2.55. The topological polar surface area (TPSA) is 44.7 Å². The minimum absolute atomic E-state index is 0.110. The highest BCUT2D eigenvalue weighted by atomic mass is 35.5. The van der Waals surface area contributed by atoms with Gasteiger partial charge in [-0.25, -0.2) is 0 Å². The zero-order valence-electron chi connectivity index (χ0n) is 15.3. The largest absolute Gasteiger partial charge is 0.492 e. The molecule has 2 aliphatic rings. The van der Waals surface area contributed by atoms with E-state index in [-0.39, 0.29) is 12.1 Å². The molecule has 25 heavy (non-hydrogen) atoms. The lowest BCUT2D eigenvalue weighted by molar-refractivity contribution is 0.128. The zero-order valence-corrected chi connectivity index (χ0v) is 16.0. The summed E-state index contributed by atoms with van der Waals surface area (Å²) in [6, 6.07) is 6.21. The number of hydrogen-bond acceptors (Lipinski definition) is 4. The van der Waals surface area contributed by atoms with Crippen molar-refractivity contribution in [3.63, 3.8) is 0 Å². The molecule has 1 aromatic carbocycles. The molecule has 1 saturated heterocycles. The van der Waals surface area contributed by atoms with Crippen molar-refractivity contribution in [3.05, 3.63) is 28.8 Å². The lowest BCUT2D eigenvalue weighted by Gasteiger charge is -2.41. The average molecular weight is 367 g/mol. The van der Waals surface area contributed by atoms with Gasteiger partial charge in [-0.1, -0.05) is 17.7 Å². The molecule has 0 radical (unpaired) electrons. The molecule has 5 heteroatoms. The van der Waals surface area contributed by atoms with Gasteiger partial charge in [0.25, 0.3) is 0 Å². The summed E-state index contributed by atoms with van der Waals surface area (Å²) in [5.41, 5.74) is 1.37. The van der Waals surface area contributed by atoms with Crippen LogP contribution in [0.2, 0.25) is 5.02 Å². The van der Waals surface area contributed by atoms with E-state index in [9.17, 15) is 0 Å². The first-order valence-electron chi connectivity index (χ1n) is 9.57. The van der Waals surface area contributed by atoms with Gasteiger partial charge in [0.05, 0.1) is 18.2 Å². The van der Waals surface area contributed by atoms with Crippen molar-refractivity contribution < 1.29 is 9.84 Å². The quantitative estimate of drug-likeness (QED) is 0.704. The summed E-state index contributed by atoms with van der Waals surface area (Å²) in [6.07, 6.45) is 5.94. The molecule has 0 bridgehead atoms. The van der Waals surface area contributed by atoms with E-state index >= 15 is 0 Å². The molecule has 1 aliphatic carbocycles. The van der Waals surface area contributed by atoms with Gasteiger partial charge in [0.15, 0.2) is 0 Å². The fourth-order valence-corrected chi connectivity index (χ4v) is 3.89. The maximum Gasteiger partial charge on any atom is 0.137 e. The molecule has 0 amide bonds. The minimum Gasteiger partial charge on any atom is -0.492 e. The molecule has 1 heterocycles. The highest BCUT2D eigenvalue weighted by Gasteiger charge is 2.29. The predicted octanol–water partition coefficient (Wildman–Crippen LogP) is 3.11. The first kappa shape index (κ1) is 19.0. The van der Waals surface area contributed by atoms with Crippen LogP contribution in [0.25, 0.3) is 0 Å². The van der Waals surface area contributed by atoms with Gasteiger partial charge in [0.2, 0.25) is 0 Å². The van der Waals surface area contributed by atoms with E-state index < -0.39 is 0 Å². The van der Waals surface area contributed by atoms with Crippen molar-refractivity contribution in [1.29, 1.82) is 0 Å². The molecular formula is C20H31ClN2O2. The number of nitrogens with one attached hydrogen (secondary N) is 1. The smallest absolute Gasteiger partial charge is 0.137 e. The van der Waals surface area contributed by atoms with E-state index in [0.717, 1.165) is 49.4 Å². The Morgan fingerprint density at radius 1 is 1.40 bits per heavy atom. The fraction of sp³-hybridized carbons (Fsp3) is 0.700. The number of halogens is 1. The number of nitrogens with zero attached hydrogens (tertiary/aromatic N) is 1. The second-order valence-electron chi connectivity index (χ2n) is 7.86. The Morgan fingerprint density at radius 3 is 2.96 bits per heavy atom. The summed E-state index contributed by atoms with van der Waals surface area (Å²) in [5.74, 6) is 1.56. The van der Waals surface area contributed by atoms with Crippen LogP contribution in [0.4, 0.5) is 0 Å². The van der Waals surface area contributed by atoms with Gasteiger partial charge in [0, 0.05) is 25.2 Å². The van der Waals surface area contributed by atoms with Crippen LogP contribution in [-0.2, 0) is 6.42 Å². The van der Waals surface area contributed by atoms with E-state index in [1.165, 1.54) is 31.2 Å². The number of piperidine rings is 1. The second-order valence-corrected chi connectivity index (χ2v) is 8.27. The normalized spacial score (nSPS) is 24.4. The molecule has 2 fully saturated rings. The van der Waals surface area contributed by atoms with E-state index in [2.05, 4.69) is 29.3 Å². The maximum absolute atomic E-state index is 9.05. The lowest BCUT2D eigenvalue weighted by atomic mass is 9.91. The van der Waals surface area contributed by atoms with Crippen LogP contribution in [0.15, 0.2) is 18.2 Å². The number of aliphatic hydroxyl groups excluding tert-OH is 1. The Balaban J connectivity index is 1.48. The maximum atomic E-state index is 9.05. The zero-order chi connectivity index (χ0) is 17.7. The van der Waals surface area contributed by atoms with Gasteiger partial charge in [-0.05, 0) is 69.2 Å². The summed E-state index contributed by atoms with van der Waals surface area (Å²) in [5, 5.41) is 13.3. The number of β-amino-alcohol motifs (C(OH)–C–C–N with tert-alkyl or cyclic N) is 1. The van der Waals surface area contributed by atoms with Crippen molar-refractivity contribution in [3.8, 4) is 5.75 Å². The molecule has 140 valence electrons. The van der Waals surface area contributed by atoms with Gasteiger partial charge < -0.3 is 20.1 Å². The molecule has 1 aromatic rings. The summed E-state index contributed by atoms with van der Waals surface area (Å²) >= 11 is 6.39. The molecule has 1 unspecified atom stereocenters. The van der Waals surface area contributed by atoms with Crippen LogP contribution in [0.3, 0.4) is 0 Å². The summed E-state index contributed by atoms with van der Waals surface area (Å²) in [6.45, 7) is 7.14. The van der Waals surface area contributed by atoms with Gasteiger partial charge in [-0.3, -0.25) is 0 Å². The van der Waals surface area contributed by atoms with Crippen LogP contribution in [0.5, 0.6) is 5.75 Å². The Labute approximate surface area is 156 Å². The van der Waals surface area contributed by atoms with Crippen LogP contribution < -0.4 is 10.1 Å². The van der Waals surface area contributed by atoms with Gasteiger partial charge in [-0.2, -0.15) is 0 Å². The van der Waals surface area contributed by atoms with Crippen LogP contribution in [-0.4, -0.2) is 54.9 Å². The Bertz CT molecular complexity index is 565. The third-order valence-corrected chi connectivity index (χ3v) is 5.62. The van der Waals surface area contributed by atoms with Crippen LogP contribution in [0, 0.1) is 5.92 Å². The van der Waals surface area contributed by atoms with E-state index in [4.69, 9.17) is 21.4 Å². The molecule has 3 rings (SSSR count). The average Bonchev–Trinajstić information content (AvgIpc) is 3.42. The van der Waals surface area contributed by atoms with Crippen LogP contribution in [0.1, 0.15) is 38.2 Å². The summed E-state index contributed by atoms with van der Waals surface area (Å²) in [4.78, 5) is 2.51. The van der Waals surface area contributed by atoms with E-state index in [1.54, 1.807) is 0 Å². The van der Waals surface area contributed by atoms with Gasteiger partial charge in [-0.15, -0.1) is 0 Å². The monoisotopic (exact) mass is 366 g/mol. The first-order valence-corrected chi connectivity index (χ1v) is 9.95. The highest BCUT2D eigenvalue weighted by Crippen LogP contribution is 2.32. The van der Waals surface area contributed by atoms with Crippen molar-refractivity contribution in [2.45, 2.75) is 44.6 Å². The first-order chi connectivity index (χ1) is 12.1. The number of likely N-dealkylation sites (tertiary alicyclic amines) is 1. The molecule has 4 nitrogen and oxygen atoms in total. The van der Waals surface area contributed by atoms with Crippen LogP contribution >= 0.6 is 11.6 Å². The van der Waals surface area contributed by atoms with Gasteiger partial charge in [0.1, 0.15) is 5.75 Å². The third-order valence-electron chi connectivity index (χ3n) is 5.32. The summed E-state index contributed by atoms with van der Waals surface area (Å²) < 4.78 is 5.80. The SMILES string of the molecule is CC1(NCCO)CCCN(CCc2ccc(OCC3CC3)c(Cl)c2)C1. The van der Waals surface area contributed by atoms with Crippen molar-refractivity contribution in [1.82, 2.24) is 10.2 Å². The fourth-order valence-electron chi connectivity index (χ4n) is 3.63. The van der Waals surface area contributed by atoms with Crippen molar-refractivity contribution >= 4 is 11.6 Å². The van der Waals surface area contributed by atoms with Crippen molar-refractivity contribution in [2.24, 2.45) is 5.92 Å². The third kappa shape index (κ3) is 5.85. The molecule has 0 spiro atoms. The molecule has 2 N–H and O–H groups in total. The number of aliphatic hydroxyl groups is 1. The Hall–Kier alpha value is -0.810. The molecule has 1 aliphatic heterocycles. The second kappa shape index (κ2) is 8.72. The number of benzene rings is 1. The van der Waals surface area contributed by atoms with Crippen molar-refractivity contribution in [2.75, 3.05) is 39.4 Å². The standard InChI is InChI=1S/C20H31ClN2O2/c1-20(22-9-12-24)8-2-10-23(15-20)11-7-16-5-6-19(18(21)13-16)25-14-17-3-4-17/h5-6,13,17,22,24H,2-4,7-12,14-15H2,1H3. The molecule has 0 aromatic heterocycles. The van der Waals surface area contributed by atoms with E-state index in [0.29, 0.717) is 6.54 Å². The minimum atomic E-state index is 0.110. The van der Waals surface area contributed by atoms with Gasteiger partial charge >= 0.3 is 0 Å². The molecule has 1 atom stereocenters. The highest BCUT2D eigenvalue weighted by molar-refractivity contribution is 6.32. The Kier molecular flexibility index (Phi) is 6.61. The predicted molar refractivity (Wildman–Crippen MR) is 103 cm³/mol. The Morgan fingerprint density at radius 2 is 2.24 bits per heavy atom. The number of hydrogen-bond donors (Lipinski definition) is 2. The number of ether oxygens (including phenoxy) is 1. The van der Waals surface area contributed by atoms with E-state index in [1.807, 2.05) is 6.07 Å². The molecule has 1 saturated carbocycles. The number of rotatable bonds is 9. The molecular weight excluding hydrogens is 336 g/mol.